The second-order valence-corrected chi connectivity index (χ2v) is 3.50. The normalized spacial score (nSPS) is 12.3. The first kappa shape index (κ1) is 10.7. The van der Waals surface area contributed by atoms with E-state index in [0.717, 1.165) is 4.48 Å². The van der Waals surface area contributed by atoms with Gasteiger partial charge in [0.15, 0.2) is 0 Å². The monoisotopic (exact) mass is 220 g/mol. The predicted octanol–water partition coefficient (Wildman–Crippen LogP) is 2.48. The fourth-order valence-electron chi connectivity index (χ4n) is 0.700. The summed E-state index contributed by atoms with van der Waals surface area (Å²) in [5, 5.41) is 0. The lowest BCUT2D eigenvalue weighted by atomic mass is 10.1. The molecule has 3 heteroatoms. The van der Waals surface area contributed by atoms with Crippen LogP contribution in [-0.4, -0.2) is 12.6 Å². The van der Waals surface area contributed by atoms with E-state index in [1.165, 1.54) is 0 Å². The van der Waals surface area contributed by atoms with Gasteiger partial charge in [-0.25, -0.2) is 0 Å². The van der Waals surface area contributed by atoms with Crippen molar-refractivity contribution in [2.75, 3.05) is 6.61 Å². The number of esters is 1. The Kier molecular flexibility index (Phi) is 5.20. The maximum Gasteiger partial charge on any atom is 0.308 e. The number of allylic oxidation sites excluding steroid dienone is 1. The third-order valence-corrected chi connectivity index (χ3v) is 1.54. The summed E-state index contributed by atoms with van der Waals surface area (Å²) in [6.07, 6.45) is 0.638. The zero-order valence-electron chi connectivity index (χ0n) is 6.89. The number of halogens is 1. The minimum atomic E-state index is -0.159. The summed E-state index contributed by atoms with van der Waals surface area (Å²) in [6, 6.07) is 0. The van der Waals surface area contributed by atoms with Crippen LogP contribution in [0.3, 0.4) is 0 Å². The molecule has 0 aliphatic rings. The summed E-state index contributed by atoms with van der Waals surface area (Å²) in [7, 11) is 0. The summed E-state index contributed by atoms with van der Waals surface area (Å²) in [6.45, 7) is 7.71. The molecule has 0 rings (SSSR count). The molecule has 0 heterocycles. The number of carbonyl (C=O) groups excluding carboxylic acids is 1. The molecule has 0 aromatic carbocycles. The van der Waals surface area contributed by atoms with Crippen LogP contribution >= 0.6 is 15.9 Å². The van der Waals surface area contributed by atoms with Crippen LogP contribution < -0.4 is 0 Å². The molecule has 1 unspecified atom stereocenters. The maximum absolute atomic E-state index is 11.0. The number of ether oxygens (including phenoxy) is 1. The van der Waals surface area contributed by atoms with Crippen LogP contribution in [0.5, 0.6) is 0 Å². The highest BCUT2D eigenvalue weighted by Crippen LogP contribution is 2.15. The second kappa shape index (κ2) is 5.35. The smallest absolute Gasteiger partial charge is 0.308 e. The molecular weight excluding hydrogens is 208 g/mol. The van der Waals surface area contributed by atoms with Crippen molar-refractivity contribution in [2.24, 2.45) is 5.92 Å². The Morgan fingerprint density at radius 3 is 2.64 bits per heavy atom. The average molecular weight is 221 g/mol. The molecule has 0 radical (unpaired) electrons. The lowest BCUT2D eigenvalue weighted by molar-refractivity contribution is -0.147. The van der Waals surface area contributed by atoms with Gasteiger partial charge in [0.25, 0.3) is 0 Å². The molecule has 0 aliphatic carbocycles. The molecule has 11 heavy (non-hydrogen) atoms. The second-order valence-electron chi connectivity index (χ2n) is 2.37. The third-order valence-electron chi connectivity index (χ3n) is 1.22. The van der Waals surface area contributed by atoms with Gasteiger partial charge < -0.3 is 4.74 Å². The number of hydrogen-bond donors (Lipinski definition) is 0. The van der Waals surface area contributed by atoms with E-state index in [2.05, 4.69) is 22.5 Å². The number of rotatable bonds is 4. The van der Waals surface area contributed by atoms with Gasteiger partial charge in [0.1, 0.15) is 0 Å². The lowest BCUT2D eigenvalue weighted by Crippen LogP contribution is -2.14. The van der Waals surface area contributed by atoms with E-state index in [1.54, 1.807) is 6.92 Å². The Bertz CT molecular complexity index is 154. The zero-order valence-corrected chi connectivity index (χ0v) is 8.48. The van der Waals surface area contributed by atoms with E-state index in [0.29, 0.717) is 13.0 Å². The van der Waals surface area contributed by atoms with Gasteiger partial charge in [0, 0.05) is 0 Å². The maximum atomic E-state index is 11.0. The van der Waals surface area contributed by atoms with E-state index < -0.39 is 0 Å². The van der Waals surface area contributed by atoms with Crippen LogP contribution in [0, 0.1) is 5.92 Å². The van der Waals surface area contributed by atoms with Crippen molar-refractivity contribution < 1.29 is 9.53 Å². The molecule has 0 aromatic rings. The molecule has 0 spiro atoms. The summed E-state index contributed by atoms with van der Waals surface area (Å²) in [5.41, 5.74) is 0. The molecule has 0 aromatic heterocycles. The first-order chi connectivity index (χ1) is 5.07. The van der Waals surface area contributed by atoms with Crippen molar-refractivity contribution in [3.05, 3.63) is 11.1 Å². The van der Waals surface area contributed by atoms with Gasteiger partial charge in [0.2, 0.25) is 0 Å². The highest BCUT2D eigenvalue weighted by molar-refractivity contribution is 9.11. The molecule has 0 aliphatic heterocycles. The van der Waals surface area contributed by atoms with Crippen molar-refractivity contribution in [1.29, 1.82) is 0 Å². The molecule has 0 saturated heterocycles. The molecule has 2 nitrogen and oxygen atoms in total. The standard InChI is InChI=1S/C8H13BrO2/c1-4-11-8(10)6(2)5-7(3)9/h6H,3-5H2,1-2H3. The Morgan fingerprint density at radius 2 is 2.27 bits per heavy atom. The van der Waals surface area contributed by atoms with Crippen molar-refractivity contribution in [3.63, 3.8) is 0 Å². The summed E-state index contributed by atoms with van der Waals surface area (Å²) >= 11 is 3.19. The zero-order chi connectivity index (χ0) is 8.85. The van der Waals surface area contributed by atoms with Gasteiger partial charge in [-0.2, -0.15) is 0 Å². The van der Waals surface area contributed by atoms with Crippen LogP contribution in [0.1, 0.15) is 20.3 Å². The van der Waals surface area contributed by atoms with Crippen LogP contribution in [0.4, 0.5) is 0 Å². The Balaban J connectivity index is 3.73. The van der Waals surface area contributed by atoms with Crippen LogP contribution in [-0.2, 0) is 9.53 Å². The van der Waals surface area contributed by atoms with Crippen molar-refractivity contribution in [1.82, 2.24) is 0 Å². The SMILES string of the molecule is C=C(Br)CC(C)C(=O)OCC. The summed E-state index contributed by atoms with van der Waals surface area (Å²) < 4.78 is 5.64. The van der Waals surface area contributed by atoms with E-state index >= 15 is 0 Å². The van der Waals surface area contributed by atoms with Gasteiger partial charge in [-0.3, -0.25) is 4.79 Å². The molecule has 0 saturated carbocycles. The predicted molar refractivity (Wildman–Crippen MR) is 48.5 cm³/mol. The Labute approximate surface area is 75.7 Å². The van der Waals surface area contributed by atoms with E-state index in [-0.39, 0.29) is 11.9 Å². The number of hydrogen-bond acceptors (Lipinski definition) is 2. The summed E-state index contributed by atoms with van der Waals surface area (Å²) in [4.78, 5) is 11.0. The first-order valence-corrected chi connectivity index (χ1v) is 4.37. The van der Waals surface area contributed by atoms with Gasteiger partial charge in [-0.1, -0.05) is 29.4 Å². The largest absolute Gasteiger partial charge is 0.466 e. The quantitative estimate of drug-likeness (QED) is 0.681. The minimum Gasteiger partial charge on any atom is -0.466 e. The lowest BCUT2D eigenvalue weighted by Gasteiger charge is -2.08. The third kappa shape index (κ3) is 5.01. The van der Waals surface area contributed by atoms with E-state index in [4.69, 9.17) is 4.74 Å². The topological polar surface area (TPSA) is 26.3 Å². The van der Waals surface area contributed by atoms with Gasteiger partial charge in [-0.05, 0) is 17.8 Å². The Morgan fingerprint density at radius 1 is 1.73 bits per heavy atom. The minimum absolute atomic E-state index is 0.0955. The molecule has 0 amide bonds. The Hall–Kier alpha value is -0.310. The highest BCUT2D eigenvalue weighted by Gasteiger charge is 2.13. The molecule has 1 atom stereocenters. The van der Waals surface area contributed by atoms with Gasteiger partial charge in [0.05, 0.1) is 12.5 Å². The summed E-state index contributed by atoms with van der Waals surface area (Å²) in [5.74, 6) is -0.255. The molecule has 0 fully saturated rings. The number of carbonyl (C=O) groups is 1. The van der Waals surface area contributed by atoms with E-state index in [9.17, 15) is 4.79 Å². The first-order valence-electron chi connectivity index (χ1n) is 3.57. The fraction of sp³-hybridized carbons (Fsp3) is 0.625. The van der Waals surface area contributed by atoms with Crippen molar-refractivity contribution in [3.8, 4) is 0 Å². The van der Waals surface area contributed by atoms with Crippen LogP contribution in [0.15, 0.2) is 11.1 Å². The molecule has 0 bridgehead atoms. The molecular formula is C8H13BrO2. The van der Waals surface area contributed by atoms with Gasteiger partial charge >= 0.3 is 5.97 Å². The molecule has 0 N–H and O–H groups in total. The van der Waals surface area contributed by atoms with Gasteiger partial charge in [-0.15, -0.1) is 0 Å². The average Bonchev–Trinajstić information content (AvgIpc) is 1.86. The van der Waals surface area contributed by atoms with Crippen molar-refractivity contribution in [2.45, 2.75) is 20.3 Å². The van der Waals surface area contributed by atoms with Crippen LogP contribution in [0.25, 0.3) is 0 Å². The van der Waals surface area contributed by atoms with E-state index in [1.807, 2.05) is 6.92 Å². The molecule has 64 valence electrons. The van der Waals surface area contributed by atoms with Crippen molar-refractivity contribution >= 4 is 21.9 Å². The van der Waals surface area contributed by atoms with Crippen LogP contribution in [0.2, 0.25) is 0 Å². The fourth-order valence-corrected chi connectivity index (χ4v) is 1.19. The highest BCUT2D eigenvalue weighted by atomic mass is 79.9.